The minimum Gasteiger partial charge on any atom is -0.444 e. The van der Waals surface area contributed by atoms with E-state index >= 15 is 0 Å². The summed E-state index contributed by atoms with van der Waals surface area (Å²) in [5.74, 6) is 0. The second-order valence-electron chi connectivity index (χ2n) is 7.55. The van der Waals surface area contributed by atoms with Gasteiger partial charge in [-0.3, -0.25) is 0 Å². The van der Waals surface area contributed by atoms with Gasteiger partial charge in [0.25, 0.3) is 0 Å². The summed E-state index contributed by atoms with van der Waals surface area (Å²) in [6.45, 7) is 11.2. The van der Waals surface area contributed by atoms with Crippen LogP contribution in [0.4, 0.5) is 4.79 Å². The number of carbonyl (C=O) groups is 1. The quantitative estimate of drug-likeness (QED) is 0.814. The van der Waals surface area contributed by atoms with E-state index in [4.69, 9.17) is 4.74 Å². The zero-order valence-corrected chi connectivity index (χ0v) is 15.2. The second kappa shape index (κ2) is 7.73. The predicted octanol–water partition coefficient (Wildman–Crippen LogP) is 3.55. The molecule has 0 saturated heterocycles. The van der Waals surface area contributed by atoms with E-state index in [9.17, 15) is 4.79 Å². The van der Waals surface area contributed by atoms with Crippen LogP contribution < -0.4 is 10.6 Å². The number of nitrogens with one attached hydrogen (secondary N) is 2. The van der Waals surface area contributed by atoms with Crippen LogP contribution in [0.5, 0.6) is 0 Å². The highest BCUT2D eigenvalue weighted by Crippen LogP contribution is 2.23. The summed E-state index contributed by atoms with van der Waals surface area (Å²) in [5, 5.41) is 6.66. The van der Waals surface area contributed by atoms with Crippen molar-refractivity contribution in [2.24, 2.45) is 0 Å². The first-order valence-corrected chi connectivity index (χ1v) is 9.12. The molecule has 2 unspecified atom stereocenters. The molecule has 5 heteroatoms. The van der Waals surface area contributed by atoms with Gasteiger partial charge in [0.2, 0.25) is 0 Å². The molecule has 2 atom stereocenters. The maximum atomic E-state index is 11.8. The molecule has 21 heavy (non-hydrogen) atoms. The number of thioether (sulfide) groups is 1. The molecule has 4 nitrogen and oxygen atoms in total. The van der Waals surface area contributed by atoms with Crippen molar-refractivity contribution in [2.75, 3.05) is 12.8 Å². The number of hydrogen-bond donors (Lipinski definition) is 2. The number of alkyl carbamates (subject to hydrolysis) is 1. The van der Waals surface area contributed by atoms with Gasteiger partial charge in [-0.1, -0.05) is 0 Å². The lowest BCUT2D eigenvalue weighted by molar-refractivity contribution is 0.0488. The first-order chi connectivity index (χ1) is 9.61. The van der Waals surface area contributed by atoms with E-state index in [1.54, 1.807) is 0 Å². The van der Waals surface area contributed by atoms with E-state index < -0.39 is 5.60 Å². The average Bonchev–Trinajstić information content (AvgIpc) is 2.34. The standard InChI is InChI=1S/C16H32N2O2S/c1-15(2,3)20-14(19)18-13-9-7-8-12(10-13)17-11-16(4,5)21-6/h12-13,17H,7-11H2,1-6H3,(H,18,19). The van der Waals surface area contributed by atoms with E-state index in [1.807, 2.05) is 32.5 Å². The van der Waals surface area contributed by atoms with Gasteiger partial charge in [-0.15, -0.1) is 0 Å². The summed E-state index contributed by atoms with van der Waals surface area (Å²) in [6, 6.07) is 0.716. The zero-order valence-electron chi connectivity index (χ0n) is 14.4. The number of rotatable bonds is 5. The summed E-state index contributed by atoms with van der Waals surface area (Å²) < 4.78 is 5.59. The molecule has 124 valence electrons. The lowest BCUT2D eigenvalue weighted by Crippen LogP contribution is -2.47. The fourth-order valence-electron chi connectivity index (χ4n) is 2.44. The molecule has 1 fully saturated rings. The van der Waals surface area contributed by atoms with Crippen LogP contribution in [0.15, 0.2) is 0 Å². The van der Waals surface area contributed by atoms with Crippen LogP contribution >= 0.6 is 11.8 Å². The van der Waals surface area contributed by atoms with Crippen molar-refractivity contribution in [3.8, 4) is 0 Å². The fourth-order valence-corrected chi connectivity index (χ4v) is 2.67. The van der Waals surface area contributed by atoms with E-state index in [-0.39, 0.29) is 16.9 Å². The third-order valence-electron chi connectivity index (χ3n) is 3.76. The summed E-state index contributed by atoms with van der Waals surface area (Å²) in [5.41, 5.74) is -0.432. The van der Waals surface area contributed by atoms with E-state index in [0.717, 1.165) is 25.8 Å². The molecule has 1 amide bonds. The van der Waals surface area contributed by atoms with Crippen molar-refractivity contribution in [1.29, 1.82) is 0 Å². The number of ether oxygens (including phenoxy) is 1. The van der Waals surface area contributed by atoms with Gasteiger partial charge in [0.1, 0.15) is 5.60 Å². The minimum atomic E-state index is -0.432. The van der Waals surface area contributed by atoms with Crippen LogP contribution in [-0.4, -0.2) is 41.3 Å². The lowest BCUT2D eigenvalue weighted by Gasteiger charge is -2.33. The molecule has 1 aliphatic rings. The third-order valence-corrected chi connectivity index (χ3v) is 5.01. The van der Waals surface area contributed by atoms with Crippen LogP contribution in [-0.2, 0) is 4.74 Å². The molecule has 1 aliphatic carbocycles. The number of carbonyl (C=O) groups excluding carboxylic acids is 1. The topological polar surface area (TPSA) is 50.4 Å². The predicted molar refractivity (Wildman–Crippen MR) is 91.0 cm³/mol. The van der Waals surface area contributed by atoms with Gasteiger partial charge in [-0.2, -0.15) is 11.8 Å². The van der Waals surface area contributed by atoms with Crippen molar-refractivity contribution in [3.63, 3.8) is 0 Å². The summed E-state index contributed by atoms with van der Waals surface area (Å²) in [7, 11) is 0. The molecule has 0 aromatic rings. The molecule has 0 spiro atoms. The smallest absolute Gasteiger partial charge is 0.407 e. The molecule has 0 aromatic heterocycles. The maximum absolute atomic E-state index is 11.8. The van der Waals surface area contributed by atoms with Crippen LogP contribution in [0.25, 0.3) is 0 Å². The van der Waals surface area contributed by atoms with Gasteiger partial charge in [0, 0.05) is 23.4 Å². The molecule has 0 aliphatic heterocycles. The Kier molecular flexibility index (Phi) is 6.85. The molecular weight excluding hydrogens is 284 g/mol. The van der Waals surface area contributed by atoms with Crippen LogP contribution in [0, 0.1) is 0 Å². The first-order valence-electron chi connectivity index (χ1n) is 7.89. The van der Waals surface area contributed by atoms with Gasteiger partial charge in [-0.05, 0) is 66.6 Å². The Bertz CT molecular complexity index is 340. The van der Waals surface area contributed by atoms with E-state index in [2.05, 4.69) is 30.7 Å². The molecule has 0 radical (unpaired) electrons. The highest BCUT2D eigenvalue weighted by Gasteiger charge is 2.26. The Morgan fingerprint density at radius 2 is 1.81 bits per heavy atom. The fraction of sp³-hybridized carbons (Fsp3) is 0.938. The molecule has 0 heterocycles. The second-order valence-corrected chi connectivity index (χ2v) is 9.06. The Morgan fingerprint density at radius 3 is 2.38 bits per heavy atom. The molecule has 2 N–H and O–H groups in total. The van der Waals surface area contributed by atoms with Crippen molar-refractivity contribution >= 4 is 17.9 Å². The average molecular weight is 317 g/mol. The van der Waals surface area contributed by atoms with Gasteiger partial charge in [0.15, 0.2) is 0 Å². The summed E-state index contributed by atoms with van der Waals surface area (Å²) in [4.78, 5) is 11.8. The van der Waals surface area contributed by atoms with Crippen molar-refractivity contribution in [1.82, 2.24) is 10.6 Å². The van der Waals surface area contributed by atoms with Crippen molar-refractivity contribution in [3.05, 3.63) is 0 Å². The van der Waals surface area contributed by atoms with Gasteiger partial charge >= 0.3 is 6.09 Å². The van der Waals surface area contributed by atoms with Crippen LogP contribution in [0.2, 0.25) is 0 Å². The van der Waals surface area contributed by atoms with Crippen molar-refractivity contribution < 1.29 is 9.53 Å². The molecule has 0 aromatic carbocycles. The zero-order chi connectivity index (χ0) is 16.1. The first kappa shape index (κ1) is 18.6. The molecule has 0 bridgehead atoms. The maximum Gasteiger partial charge on any atom is 0.407 e. The van der Waals surface area contributed by atoms with E-state index in [0.29, 0.717) is 6.04 Å². The van der Waals surface area contributed by atoms with Crippen molar-refractivity contribution in [2.45, 2.75) is 82.7 Å². The largest absolute Gasteiger partial charge is 0.444 e. The summed E-state index contributed by atoms with van der Waals surface area (Å²) >= 11 is 1.88. The third kappa shape index (κ3) is 7.96. The highest BCUT2D eigenvalue weighted by atomic mass is 32.2. The highest BCUT2D eigenvalue weighted by molar-refractivity contribution is 7.99. The Morgan fingerprint density at radius 1 is 1.19 bits per heavy atom. The minimum absolute atomic E-state index is 0.225. The molecule has 1 rings (SSSR count). The molecular formula is C16H32N2O2S. The monoisotopic (exact) mass is 316 g/mol. The Balaban J connectivity index is 2.37. The number of amides is 1. The van der Waals surface area contributed by atoms with Crippen LogP contribution in [0.3, 0.4) is 0 Å². The van der Waals surface area contributed by atoms with E-state index in [1.165, 1.54) is 6.42 Å². The Hall–Kier alpha value is -0.420. The van der Waals surface area contributed by atoms with Crippen LogP contribution in [0.1, 0.15) is 60.3 Å². The normalized spacial score (nSPS) is 23.7. The van der Waals surface area contributed by atoms with Gasteiger partial charge < -0.3 is 15.4 Å². The lowest BCUT2D eigenvalue weighted by atomic mass is 9.91. The Labute approximate surface area is 134 Å². The van der Waals surface area contributed by atoms with Gasteiger partial charge in [-0.25, -0.2) is 4.79 Å². The number of hydrogen-bond acceptors (Lipinski definition) is 4. The summed E-state index contributed by atoms with van der Waals surface area (Å²) in [6.07, 6.45) is 6.23. The molecule has 1 saturated carbocycles. The van der Waals surface area contributed by atoms with Gasteiger partial charge in [0.05, 0.1) is 0 Å². The SMILES string of the molecule is CSC(C)(C)CNC1CCCC(NC(=O)OC(C)(C)C)C1.